The van der Waals surface area contributed by atoms with Gasteiger partial charge in [0.25, 0.3) is 0 Å². The normalized spacial score (nSPS) is 15.0. The lowest BCUT2D eigenvalue weighted by atomic mass is 9.93. The second kappa shape index (κ2) is 7.96. The van der Waals surface area contributed by atoms with Gasteiger partial charge in [0.15, 0.2) is 0 Å². The molecule has 0 amide bonds. The highest BCUT2D eigenvalue weighted by atomic mass is 16.5. The van der Waals surface area contributed by atoms with Gasteiger partial charge in [-0.15, -0.1) is 0 Å². The Balaban J connectivity index is 1.54. The quantitative estimate of drug-likeness (QED) is 0.632. The fraction of sp³-hybridized carbons (Fsp3) is 0.556. The van der Waals surface area contributed by atoms with Crippen molar-refractivity contribution in [3.63, 3.8) is 0 Å². The summed E-state index contributed by atoms with van der Waals surface area (Å²) in [5.41, 5.74) is 3.56. The minimum absolute atomic E-state index is 0.494. The van der Waals surface area contributed by atoms with Crippen molar-refractivity contribution in [2.45, 2.75) is 52.9 Å². The van der Waals surface area contributed by atoms with Crippen molar-refractivity contribution in [2.24, 2.45) is 16.1 Å². The average Bonchev–Trinajstić information content (AvgIpc) is 2.79. The number of hydrogen-bond acceptors (Lipinski definition) is 3. The molecule has 0 atom stereocenters. The van der Waals surface area contributed by atoms with E-state index in [1.807, 2.05) is 18.2 Å². The molecule has 1 heterocycles. The molecule has 3 heteroatoms. The van der Waals surface area contributed by atoms with Crippen LogP contribution in [0.1, 0.15) is 51.5 Å². The van der Waals surface area contributed by atoms with Gasteiger partial charge in [-0.05, 0) is 45.2 Å². The summed E-state index contributed by atoms with van der Waals surface area (Å²) in [6.45, 7) is 7.07. The van der Waals surface area contributed by atoms with E-state index >= 15 is 0 Å². The van der Waals surface area contributed by atoms with Gasteiger partial charge in [0.05, 0.1) is 6.61 Å². The van der Waals surface area contributed by atoms with Gasteiger partial charge in [0.2, 0.25) is 0 Å². The smallest absolute Gasteiger partial charge is 0.122 e. The van der Waals surface area contributed by atoms with Crippen molar-refractivity contribution in [3.05, 3.63) is 29.8 Å². The largest absolute Gasteiger partial charge is 0.493 e. The first kappa shape index (κ1) is 15.7. The molecule has 0 saturated heterocycles. The van der Waals surface area contributed by atoms with Crippen molar-refractivity contribution >= 4 is 11.4 Å². The summed E-state index contributed by atoms with van der Waals surface area (Å²) in [6.07, 6.45) is 6.04. The predicted octanol–water partition coefficient (Wildman–Crippen LogP) is 4.79. The lowest BCUT2D eigenvalue weighted by Crippen LogP contribution is -2.15. The molecule has 3 nitrogen and oxygen atoms in total. The van der Waals surface area contributed by atoms with Crippen LogP contribution in [-0.2, 0) is 0 Å². The van der Waals surface area contributed by atoms with Crippen LogP contribution < -0.4 is 4.74 Å². The highest BCUT2D eigenvalue weighted by molar-refractivity contribution is 6.08. The Kier molecular flexibility index (Phi) is 5.97. The summed E-state index contributed by atoms with van der Waals surface area (Å²) >= 11 is 0. The molecule has 1 aromatic rings. The summed E-state index contributed by atoms with van der Waals surface area (Å²) < 4.78 is 5.81. The Hall–Kier alpha value is -1.64. The second-order valence-corrected chi connectivity index (χ2v) is 5.85. The molecule has 0 bridgehead atoms. The number of nitrogens with zero attached hydrogens (tertiary/aromatic N) is 2. The maximum Gasteiger partial charge on any atom is 0.122 e. The van der Waals surface area contributed by atoms with Crippen LogP contribution in [0.3, 0.4) is 0 Å². The molecular formula is C18H26N2O. The van der Waals surface area contributed by atoms with Crippen LogP contribution >= 0.6 is 0 Å². The van der Waals surface area contributed by atoms with Crippen LogP contribution in [0.25, 0.3) is 0 Å². The van der Waals surface area contributed by atoms with E-state index in [-0.39, 0.29) is 0 Å². The number of rotatable bonds is 8. The first-order chi connectivity index (χ1) is 10.2. The molecule has 0 fully saturated rings. The Morgan fingerprint density at radius 2 is 1.57 bits per heavy atom. The number of benzene rings is 1. The number of ether oxygens (including phenoxy) is 1. The van der Waals surface area contributed by atoms with Gasteiger partial charge in [-0.1, -0.05) is 37.5 Å². The minimum Gasteiger partial charge on any atom is -0.493 e. The van der Waals surface area contributed by atoms with Gasteiger partial charge in [0, 0.05) is 17.3 Å². The van der Waals surface area contributed by atoms with Crippen molar-refractivity contribution in [2.75, 3.05) is 6.61 Å². The van der Waals surface area contributed by atoms with Crippen molar-refractivity contribution in [1.82, 2.24) is 0 Å². The summed E-state index contributed by atoms with van der Waals surface area (Å²) in [4.78, 5) is 0. The Morgan fingerprint density at radius 1 is 0.905 bits per heavy atom. The topological polar surface area (TPSA) is 34.0 Å². The zero-order valence-electron chi connectivity index (χ0n) is 13.4. The first-order valence-corrected chi connectivity index (χ1v) is 7.95. The van der Waals surface area contributed by atoms with E-state index in [2.05, 4.69) is 37.0 Å². The van der Waals surface area contributed by atoms with Crippen LogP contribution in [0.4, 0.5) is 0 Å². The van der Waals surface area contributed by atoms with E-state index in [4.69, 9.17) is 4.74 Å². The average molecular weight is 286 g/mol. The van der Waals surface area contributed by atoms with Crippen LogP contribution in [0, 0.1) is 12.8 Å². The van der Waals surface area contributed by atoms with Crippen LogP contribution in [0.2, 0.25) is 0 Å². The third-order valence-electron chi connectivity index (χ3n) is 4.11. The standard InChI is InChI=1S/C18H26N2O/c1-14-10-7-8-12-18(14)21-13-9-5-4-6-11-17-15(2)19-20-16(17)3/h7-8,10,12,17H,4-6,9,11,13H2,1-3H3. The molecule has 0 spiro atoms. The molecule has 0 aliphatic carbocycles. The summed E-state index contributed by atoms with van der Waals surface area (Å²) in [5.74, 6) is 1.51. The zero-order valence-corrected chi connectivity index (χ0v) is 13.4. The lowest BCUT2D eigenvalue weighted by molar-refractivity contribution is 0.302. The molecular weight excluding hydrogens is 260 g/mol. The Morgan fingerprint density at radius 3 is 2.29 bits per heavy atom. The van der Waals surface area contributed by atoms with E-state index in [1.54, 1.807) is 0 Å². The summed E-state index contributed by atoms with van der Waals surface area (Å²) in [6, 6.07) is 8.20. The highest BCUT2D eigenvalue weighted by Gasteiger charge is 2.19. The van der Waals surface area contributed by atoms with Crippen molar-refractivity contribution < 1.29 is 4.74 Å². The molecule has 0 saturated carbocycles. The van der Waals surface area contributed by atoms with Gasteiger partial charge in [0.1, 0.15) is 5.75 Å². The molecule has 2 rings (SSSR count). The molecule has 114 valence electrons. The fourth-order valence-corrected chi connectivity index (χ4v) is 2.72. The van der Waals surface area contributed by atoms with Gasteiger partial charge in [-0.2, -0.15) is 10.2 Å². The van der Waals surface area contributed by atoms with Crippen LogP contribution in [-0.4, -0.2) is 18.0 Å². The number of unbranched alkanes of at least 4 members (excludes halogenated alkanes) is 3. The molecule has 0 aromatic heterocycles. The third kappa shape index (κ3) is 4.69. The van der Waals surface area contributed by atoms with E-state index < -0.39 is 0 Å². The van der Waals surface area contributed by atoms with Gasteiger partial charge < -0.3 is 4.74 Å². The van der Waals surface area contributed by atoms with E-state index in [9.17, 15) is 0 Å². The van der Waals surface area contributed by atoms with Gasteiger partial charge in [-0.25, -0.2) is 0 Å². The minimum atomic E-state index is 0.494. The number of hydrogen-bond donors (Lipinski definition) is 0. The van der Waals surface area contributed by atoms with E-state index in [1.165, 1.54) is 42.7 Å². The Labute approximate surface area is 128 Å². The van der Waals surface area contributed by atoms with Gasteiger partial charge in [-0.3, -0.25) is 0 Å². The van der Waals surface area contributed by atoms with E-state index in [0.717, 1.165) is 18.8 Å². The SMILES string of the molecule is CC1=NN=C(C)C1CCCCCCOc1ccccc1C. The molecule has 1 aliphatic rings. The van der Waals surface area contributed by atoms with E-state index in [0.29, 0.717) is 5.92 Å². The van der Waals surface area contributed by atoms with Crippen molar-refractivity contribution in [1.29, 1.82) is 0 Å². The monoisotopic (exact) mass is 286 g/mol. The molecule has 21 heavy (non-hydrogen) atoms. The fourth-order valence-electron chi connectivity index (χ4n) is 2.72. The maximum atomic E-state index is 5.81. The maximum absolute atomic E-state index is 5.81. The number of aryl methyl sites for hydroxylation is 1. The summed E-state index contributed by atoms with van der Waals surface area (Å²) in [5, 5.41) is 8.31. The van der Waals surface area contributed by atoms with Crippen molar-refractivity contribution in [3.8, 4) is 5.75 Å². The Bertz CT molecular complexity index is 502. The summed E-state index contributed by atoms with van der Waals surface area (Å²) in [7, 11) is 0. The molecule has 1 aromatic carbocycles. The zero-order chi connectivity index (χ0) is 15.1. The van der Waals surface area contributed by atoms with Crippen LogP contribution in [0.5, 0.6) is 5.75 Å². The van der Waals surface area contributed by atoms with Crippen LogP contribution in [0.15, 0.2) is 34.5 Å². The van der Waals surface area contributed by atoms with Gasteiger partial charge >= 0.3 is 0 Å². The molecule has 0 radical (unpaired) electrons. The first-order valence-electron chi connectivity index (χ1n) is 7.95. The third-order valence-corrected chi connectivity index (χ3v) is 4.11. The molecule has 0 unspecified atom stereocenters. The molecule has 1 aliphatic heterocycles. The lowest BCUT2D eigenvalue weighted by Gasteiger charge is -2.11. The molecule has 0 N–H and O–H groups in total. The second-order valence-electron chi connectivity index (χ2n) is 5.85. The predicted molar refractivity (Wildman–Crippen MR) is 89.5 cm³/mol. The number of para-hydroxylation sites is 1. The highest BCUT2D eigenvalue weighted by Crippen LogP contribution is 2.20.